The first kappa shape index (κ1) is 21.9. The molecule has 7 rings (SSSR count). The molecule has 4 aliphatic rings. The Morgan fingerprint density at radius 3 is 2.61 bits per heavy atom. The fourth-order valence-electron chi connectivity index (χ4n) is 6.47. The van der Waals surface area contributed by atoms with Gasteiger partial charge in [0.05, 0.1) is 5.52 Å². The van der Waals surface area contributed by atoms with Crippen LogP contribution in [0.2, 0.25) is 0 Å². The highest BCUT2D eigenvalue weighted by atomic mass is 16.5. The van der Waals surface area contributed by atoms with Crippen LogP contribution in [0.15, 0.2) is 58.3 Å². The maximum Gasteiger partial charge on any atom is 0.147 e. The molecule has 1 aromatic carbocycles. The molecular weight excluding hydrogens is 444 g/mol. The van der Waals surface area contributed by atoms with Gasteiger partial charge in [-0.15, -0.1) is 0 Å². The smallest absolute Gasteiger partial charge is 0.147 e. The van der Waals surface area contributed by atoms with E-state index >= 15 is 0 Å². The number of rotatable bonds is 4. The highest BCUT2D eigenvalue weighted by molar-refractivity contribution is 5.89. The van der Waals surface area contributed by atoms with E-state index in [0.29, 0.717) is 11.3 Å². The van der Waals surface area contributed by atoms with Crippen LogP contribution in [0.1, 0.15) is 74.6 Å². The Hall–Kier alpha value is -3.34. The summed E-state index contributed by atoms with van der Waals surface area (Å²) in [5, 5.41) is 9.27. The lowest BCUT2D eigenvalue weighted by atomic mass is 9.63. The predicted molar refractivity (Wildman–Crippen MR) is 146 cm³/mol. The maximum absolute atomic E-state index is 6.03. The molecule has 1 N–H and O–H groups in total. The van der Waals surface area contributed by atoms with Crippen LogP contribution in [0, 0.1) is 12.3 Å². The van der Waals surface area contributed by atoms with E-state index < -0.39 is 0 Å². The topological polar surface area (TPSA) is 54.2 Å². The van der Waals surface area contributed by atoms with Crippen LogP contribution in [0.5, 0.6) is 0 Å². The Kier molecular flexibility index (Phi) is 4.92. The molecule has 3 aromatic rings. The van der Waals surface area contributed by atoms with Crippen LogP contribution in [0.4, 0.5) is 5.69 Å². The lowest BCUT2D eigenvalue weighted by Crippen LogP contribution is -2.42. The van der Waals surface area contributed by atoms with Crippen molar-refractivity contribution >= 4 is 27.7 Å². The van der Waals surface area contributed by atoms with Crippen molar-refractivity contribution in [2.24, 2.45) is 5.41 Å². The summed E-state index contributed by atoms with van der Waals surface area (Å²) in [6.45, 7) is 9.51. The third-order valence-corrected chi connectivity index (χ3v) is 8.69. The summed E-state index contributed by atoms with van der Waals surface area (Å²) in [5.41, 5.74) is 11.5. The molecule has 4 heterocycles. The van der Waals surface area contributed by atoms with Crippen molar-refractivity contribution in [1.29, 1.82) is 0 Å². The minimum atomic E-state index is 0.319. The first-order valence-corrected chi connectivity index (χ1v) is 13.4. The van der Waals surface area contributed by atoms with Crippen molar-refractivity contribution in [3.05, 3.63) is 76.5 Å². The quantitative estimate of drug-likeness (QED) is 0.449. The number of aromatic nitrogens is 2. The second-order valence-electron chi connectivity index (χ2n) is 11.4. The Labute approximate surface area is 213 Å². The number of aryl methyl sites for hydroxylation is 1. The van der Waals surface area contributed by atoms with Gasteiger partial charge in [0.1, 0.15) is 11.5 Å². The zero-order valence-electron chi connectivity index (χ0n) is 21.5. The Balaban J connectivity index is 1.14. The molecule has 0 unspecified atom stereocenters. The summed E-state index contributed by atoms with van der Waals surface area (Å²) in [6.07, 6.45) is 10.7. The molecular formula is C31H34N4O. The highest BCUT2D eigenvalue weighted by Gasteiger charge is 2.44. The molecule has 0 bridgehead atoms. The number of piperidine rings is 1. The van der Waals surface area contributed by atoms with Gasteiger partial charge in [-0.05, 0) is 99.3 Å². The average Bonchev–Trinajstić information content (AvgIpc) is 3.62. The first-order chi connectivity index (χ1) is 17.5. The van der Waals surface area contributed by atoms with E-state index in [4.69, 9.17) is 4.52 Å². The first-order valence-electron chi connectivity index (χ1n) is 13.4. The molecule has 36 heavy (non-hydrogen) atoms. The number of hydrogen-bond donors (Lipinski definition) is 1. The van der Waals surface area contributed by atoms with Gasteiger partial charge in [-0.1, -0.05) is 17.3 Å². The van der Waals surface area contributed by atoms with Crippen molar-refractivity contribution in [2.75, 3.05) is 24.5 Å². The van der Waals surface area contributed by atoms with E-state index in [2.05, 4.69) is 83.7 Å². The summed E-state index contributed by atoms with van der Waals surface area (Å²) >= 11 is 0. The Bertz CT molecular complexity index is 1460. The van der Waals surface area contributed by atoms with Gasteiger partial charge in [-0.2, -0.15) is 0 Å². The van der Waals surface area contributed by atoms with Gasteiger partial charge in [0.2, 0.25) is 0 Å². The largest absolute Gasteiger partial charge is 0.387 e. The molecule has 2 fully saturated rings. The lowest BCUT2D eigenvalue weighted by Gasteiger charge is -2.47. The van der Waals surface area contributed by atoms with Gasteiger partial charge in [0.15, 0.2) is 0 Å². The van der Waals surface area contributed by atoms with E-state index in [-0.39, 0.29) is 0 Å². The number of allylic oxidation sites excluding steroid dienone is 4. The molecule has 184 valence electrons. The second-order valence-corrected chi connectivity index (χ2v) is 11.4. The van der Waals surface area contributed by atoms with Crippen molar-refractivity contribution in [2.45, 2.75) is 58.8 Å². The molecule has 5 nitrogen and oxygen atoms in total. The summed E-state index contributed by atoms with van der Waals surface area (Å²) < 4.78 is 6.03. The van der Waals surface area contributed by atoms with Gasteiger partial charge < -0.3 is 14.7 Å². The van der Waals surface area contributed by atoms with Crippen molar-refractivity contribution < 1.29 is 4.52 Å². The molecule has 2 aromatic heterocycles. The molecule has 1 saturated heterocycles. The number of benzene rings is 1. The van der Waals surface area contributed by atoms with E-state index in [9.17, 15) is 0 Å². The van der Waals surface area contributed by atoms with Gasteiger partial charge in [-0.25, -0.2) is 0 Å². The molecule has 0 amide bonds. The third-order valence-electron chi connectivity index (χ3n) is 8.69. The molecule has 0 radical (unpaired) electrons. The van der Waals surface area contributed by atoms with E-state index in [1.807, 2.05) is 0 Å². The van der Waals surface area contributed by atoms with Gasteiger partial charge in [0, 0.05) is 59.7 Å². The maximum atomic E-state index is 6.03. The number of pyridine rings is 1. The number of dihydropyridines is 1. The lowest BCUT2D eigenvalue weighted by molar-refractivity contribution is 0.277. The highest BCUT2D eigenvalue weighted by Crippen LogP contribution is 2.55. The molecule has 5 heteroatoms. The van der Waals surface area contributed by atoms with Crippen LogP contribution < -0.4 is 10.2 Å². The predicted octanol–water partition coefficient (Wildman–Crippen LogP) is 6.76. The van der Waals surface area contributed by atoms with Gasteiger partial charge in [0.25, 0.3) is 0 Å². The summed E-state index contributed by atoms with van der Waals surface area (Å²) in [4.78, 5) is 7.21. The third kappa shape index (κ3) is 3.59. The van der Waals surface area contributed by atoms with E-state index in [0.717, 1.165) is 48.7 Å². The molecule has 2 aliphatic carbocycles. The standard InChI is InChI=1S/C31H34N4O/c1-19-17-32-18-20(2)27(19)29-28(30(36-34-29)22-6-7-22)24-15-31(16-24)10-12-35(13-11-31)25-8-9-26-23(14-25)5-4-21(3)33-26/h4-5,8-9,14-15,17,22,32H,6-7,10-13,16,18H2,1-3H3. The van der Waals surface area contributed by atoms with Crippen molar-refractivity contribution in [3.8, 4) is 0 Å². The number of hydrogen-bond acceptors (Lipinski definition) is 5. The normalized spacial score (nSPS) is 21.4. The average molecular weight is 479 g/mol. The Morgan fingerprint density at radius 2 is 1.86 bits per heavy atom. The monoisotopic (exact) mass is 478 g/mol. The van der Waals surface area contributed by atoms with Gasteiger partial charge >= 0.3 is 0 Å². The van der Waals surface area contributed by atoms with E-state index in [1.165, 1.54) is 64.6 Å². The molecule has 2 aliphatic heterocycles. The van der Waals surface area contributed by atoms with Crippen LogP contribution in [-0.2, 0) is 0 Å². The van der Waals surface area contributed by atoms with Crippen molar-refractivity contribution in [1.82, 2.24) is 15.5 Å². The number of fused-ring (bicyclic) bond motifs is 1. The summed E-state index contributed by atoms with van der Waals surface area (Å²) in [7, 11) is 0. The fourth-order valence-corrected chi connectivity index (χ4v) is 6.47. The minimum absolute atomic E-state index is 0.319. The summed E-state index contributed by atoms with van der Waals surface area (Å²) in [6, 6.07) is 11.0. The van der Waals surface area contributed by atoms with Crippen LogP contribution >= 0.6 is 0 Å². The summed E-state index contributed by atoms with van der Waals surface area (Å²) in [5.74, 6) is 1.69. The van der Waals surface area contributed by atoms with E-state index in [1.54, 1.807) is 0 Å². The van der Waals surface area contributed by atoms with Crippen LogP contribution in [-0.4, -0.2) is 29.8 Å². The van der Waals surface area contributed by atoms with Crippen molar-refractivity contribution in [3.63, 3.8) is 0 Å². The molecule has 1 spiro atoms. The Morgan fingerprint density at radius 1 is 1.06 bits per heavy atom. The molecule has 0 atom stereocenters. The SMILES string of the molecule is CC1=CNCC(C)=C1c1noc(C2CC2)c1C1=CC2(CCN(c3ccc4nc(C)ccc4c3)CC2)C1. The van der Waals surface area contributed by atoms with Crippen LogP contribution in [0.25, 0.3) is 22.0 Å². The zero-order valence-corrected chi connectivity index (χ0v) is 21.5. The number of nitrogens with zero attached hydrogens (tertiary/aromatic N) is 3. The number of nitrogens with one attached hydrogen (secondary N) is 1. The molecule has 1 saturated carbocycles. The fraction of sp³-hybridized carbons (Fsp3) is 0.419. The minimum Gasteiger partial charge on any atom is -0.387 e. The zero-order chi connectivity index (χ0) is 24.4. The van der Waals surface area contributed by atoms with Gasteiger partial charge in [-0.3, -0.25) is 4.98 Å². The van der Waals surface area contributed by atoms with Crippen LogP contribution in [0.3, 0.4) is 0 Å². The second kappa shape index (κ2) is 8.09. The number of anilines is 1.